The summed E-state index contributed by atoms with van der Waals surface area (Å²) >= 11 is 0. The van der Waals surface area contributed by atoms with E-state index in [1.807, 2.05) is 30.9 Å². The van der Waals surface area contributed by atoms with E-state index in [0.717, 1.165) is 17.5 Å². The van der Waals surface area contributed by atoms with Gasteiger partial charge in [0.1, 0.15) is 5.75 Å². The van der Waals surface area contributed by atoms with E-state index in [4.69, 9.17) is 4.74 Å². The van der Waals surface area contributed by atoms with Gasteiger partial charge in [0.2, 0.25) is 5.91 Å². The van der Waals surface area contributed by atoms with Crippen LogP contribution in [0.3, 0.4) is 0 Å². The zero-order chi connectivity index (χ0) is 20.5. The molecule has 6 nitrogen and oxygen atoms in total. The van der Waals surface area contributed by atoms with Crippen LogP contribution in [0.5, 0.6) is 5.75 Å². The fourth-order valence-corrected chi connectivity index (χ4v) is 4.71. The van der Waals surface area contributed by atoms with Gasteiger partial charge in [-0.15, -0.1) is 0 Å². The van der Waals surface area contributed by atoms with Crippen molar-refractivity contribution in [1.29, 1.82) is 0 Å². The molecule has 3 rings (SSSR count). The van der Waals surface area contributed by atoms with Crippen molar-refractivity contribution in [3.8, 4) is 5.75 Å². The number of nitrogens with zero attached hydrogens (tertiary/aromatic N) is 1. The molecule has 1 aliphatic rings. The first-order valence-electron chi connectivity index (χ1n) is 9.29. The van der Waals surface area contributed by atoms with Crippen LogP contribution >= 0.6 is 0 Å². The number of rotatable bonds is 5. The molecule has 150 valence electrons. The van der Waals surface area contributed by atoms with Crippen LogP contribution in [0.4, 0.5) is 5.69 Å². The lowest BCUT2D eigenvalue weighted by atomic mass is 9.98. The van der Waals surface area contributed by atoms with E-state index in [1.165, 1.54) is 6.07 Å². The van der Waals surface area contributed by atoms with Gasteiger partial charge in [-0.2, -0.15) is 0 Å². The summed E-state index contributed by atoms with van der Waals surface area (Å²) in [5.41, 5.74) is 3.23. The third-order valence-electron chi connectivity index (χ3n) is 4.95. The summed E-state index contributed by atoms with van der Waals surface area (Å²) in [6.45, 7) is 6.71. The monoisotopic (exact) mass is 402 g/mol. The normalized spacial score (nSPS) is 14.0. The van der Waals surface area contributed by atoms with E-state index in [0.29, 0.717) is 30.1 Å². The fraction of sp³-hybridized carbons (Fsp3) is 0.381. The minimum absolute atomic E-state index is 0.0544. The van der Waals surface area contributed by atoms with E-state index in [9.17, 15) is 13.2 Å². The summed E-state index contributed by atoms with van der Waals surface area (Å²) in [6, 6.07) is 10.4. The summed E-state index contributed by atoms with van der Waals surface area (Å²) in [4.78, 5) is 14.3. The molecule has 1 amide bonds. The topological polar surface area (TPSA) is 75.7 Å². The molecule has 1 N–H and O–H groups in total. The molecular formula is C21H26N2O4S. The summed E-state index contributed by atoms with van der Waals surface area (Å²) in [5.74, 6) is 0.673. The first-order valence-corrected chi connectivity index (χ1v) is 10.8. The minimum Gasteiger partial charge on any atom is -0.497 e. The number of fused-ring (bicyclic) bond motifs is 1. The van der Waals surface area contributed by atoms with Crippen LogP contribution in [0, 0.1) is 12.8 Å². The molecule has 0 unspecified atom stereocenters. The Bertz CT molecular complexity index is 999. The third-order valence-corrected chi connectivity index (χ3v) is 6.49. The molecule has 0 atom stereocenters. The number of methoxy groups -OCH3 is 1. The molecule has 0 fully saturated rings. The molecule has 0 bridgehead atoms. The Balaban J connectivity index is 1.84. The number of carbonyl (C=O) groups is 1. The van der Waals surface area contributed by atoms with Crippen molar-refractivity contribution >= 4 is 21.6 Å². The molecule has 0 saturated heterocycles. The number of aryl methyl sites for hydroxylation is 1. The number of hydrogen-bond donors (Lipinski definition) is 1. The number of ether oxygens (including phenoxy) is 1. The van der Waals surface area contributed by atoms with Crippen molar-refractivity contribution < 1.29 is 17.9 Å². The fourth-order valence-electron chi connectivity index (χ4n) is 3.43. The van der Waals surface area contributed by atoms with Gasteiger partial charge in [-0.3, -0.25) is 9.52 Å². The molecule has 0 aliphatic carbocycles. The minimum atomic E-state index is -3.72. The Morgan fingerprint density at radius 3 is 2.54 bits per heavy atom. The van der Waals surface area contributed by atoms with Crippen molar-refractivity contribution in [2.45, 2.75) is 38.6 Å². The Morgan fingerprint density at radius 1 is 1.14 bits per heavy atom. The predicted octanol–water partition coefficient (Wildman–Crippen LogP) is 3.35. The van der Waals surface area contributed by atoms with Crippen LogP contribution in [-0.2, 0) is 27.8 Å². The van der Waals surface area contributed by atoms with Crippen molar-refractivity contribution in [3.05, 3.63) is 53.1 Å². The maximum atomic E-state index is 12.8. The highest BCUT2D eigenvalue weighted by Gasteiger charge is 2.24. The van der Waals surface area contributed by atoms with Gasteiger partial charge in [0.15, 0.2) is 0 Å². The van der Waals surface area contributed by atoms with Gasteiger partial charge >= 0.3 is 0 Å². The number of carbonyl (C=O) groups excluding carboxylic acids is 1. The van der Waals surface area contributed by atoms with Crippen LogP contribution < -0.4 is 9.46 Å². The van der Waals surface area contributed by atoms with Gasteiger partial charge in [-0.25, -0.2) is 8.42 Å². The number of nitrogens with one attached hydrogen (secondary N) is 1. The Hall–Kier alpha value is -2.54. The van der Waals surface area contributed by atoms with Gasteiger partial charge in [0.05, 0.1) is 12.0 Å². The van der Waals surface area contributed by atoms with Crippen molar-refractivity contribution in [2.24, 2.45) is 5.92 Å². The zero-order valence-corrected chi connectivity index (χ0v) is 17.5. The van der Waals surface area contributed by atoms with Crippen LogP contribution in [0.25, 0.3) is 0 Å². The SMILES string of the molecule is COc1ccc(S(=O)(=O)Nc2ccc3c(c2)CN(C(=O)C(C)C)CC3)c(C)c1. The van der Waals surface area contributed by atoms with Gasteiger partial charge in [0, 0.05) is 24.7 Å². The quantitative estimate of drug-likeness (QED) is 0.832. The Labute approximate surface area is 166 Å². The van der Waals surface area contributed by atoms with Gasteiger partial charge < -0.3 is 9.64 Å². The number of amides is 1. The molecular weight excluding hydrogens is 376 g/mol. The average molecular weight is 403 g/mol. The Kier molecular flexibility index (Phi) is 5.65. The molecule has 0 aromatic heterocycles. The van der Waals surface area contributed by atoms with E-state index < -0.39 is 10.0 Å². The van der Waals surface area contributed by atoms with E-state index in [1.54, 1.807) is 32.2 Å². The lowest BCUT2D eigenvalue weighted by Gasteiger charge is -2.30. The second-order valence-corrected chi connectivity index (χ2v) is 9.04. The highest BCUT2D eigenvalue weighted by Crippen LogP contribution is 2.27. The second kappa shape index (κ2) is 7.83. The molecule has 1 aliphatic heterocycles. The molecule has 1 heterocycles. The van der Waals surface area contributed by atoms with Gasteiger partial charge in [0.25, 0.3) is 10.0 Å². The van der Waals surface area contributed by atoms with E-state index in [2.05, 4.69) is 4.72 Å². The van der Waals surface area contributed by atoms with E-state index >= 15 is 0 Å². The summed E-state index contributed by atoms with van der Waals surface area (Å²) in [5, 5.41) is 0. The average Bonchev–Trinajstić information content (AvgIpc) is 2.66. The van der Waals surface area contributed by atoms with Crippen molar-refractivity contribution in [3.63, 3.8) is 0 Å². The highest BCUT2D eigenvalue weighted by molar-refractivity contribution is 7.92. The number of sulfonamides is 1. The largest absolute Gasteiger partial charge is 0.497 e. The summed E-state index contributed by atoms with van der Waals surface area (Å²) < 4.78 is 33.5. The molecule has 2 aromatic rings. The maximum absolute atomic E-state index is 12.8. The Morgan fingerprint density at radius 2 is 1.89 bits per heavy atom. The van der Waals surface area contributed by atoms with Crippen molar-refractivity contribution in [1.82, 2.24) is 4.90 Å². The number of hydrogen-bond acceptors (Lipinski definition) is 4. The maximum Gasteiger partial charge on any atom is 0.262 e. The molecule has 7 heteroatoms. The van der Waals surface area contributed by atoms with Gasteiger partial charge in [-0.05, 0) is 60.4 Å². The molecule has 28 heavy (non-hydrogen) atoms. The highest BCUT2D eigenvalue weighted by atomic mass is 32.2. The van der Waals surface area contributed by atoms with Crippen molar-refractivity contribution in [2.75, 3.05) is 18.4 Å². The summed E-state index contributed by atoms with van der Waals surface area (Å²) in [6.07, 6.45) is 0.776. The molecule has 0 radical (unpaired) electrons. The van der Waals surface area contributed by atoms with E-state index in [-0.39, 0.29) is 16.7 Å². The van der Waals surface area contributed by atoms with Crippen LogP contribution in [-0.4, -0.2) is 32.9 Å². The summed E-state index contributed by atoms with van der Waals surface area (Å²) in [7, 11) is -2.18. The molecule has 0 saturated carbocycles. The molecule has 0 spiro atoms. The smallest absolute Gasteiger partial charge is 0.262 e. The second-order valence-electron chi connectivity index (χ2n) is 7.38. The first kappa shape index (κ1) is 20.2. The van der Waals surface area contributed by atoms with Crippen LogP contribution in [0.1, 0.15) is 30.5 Å². The number of benzene rings is 2. The van der Waals surface area contributed by atoms with Crippen LogP contribution in [0.2, 0.25) is 0 Å². The van der Waals surface area contributed by atoms with Gasteiger partial charge in [-0.1, -0.05) is 19.9 Å². The lowest BCUT2D eigenvalue weighted by Crippen LogP contribution is -2.38. The standard InChI is InChI=1S/C21H26N2O4S/c1-14(2)21(24)23-10-9-16-5-6-18(12-17(16)13-23)22-28(25,26)20-8-7-19(27-4)11-15(20)3/h5-8,11-12,14,22H,9-10,13H2,1-4H3. The molecule has 2 aromatic carbocycles. The zero-order valence-electron chi connectivity index (χ0n) is 16.7. The third kappa shape index (κ3) is 4.14. The number of anilines is 1. The predicted molar refractivity (Wildman–Crippen MR) is 109 cm³/mol. The van der Waals surface area contributed by atoms with Crippen LogP contribution in [0.15, 0.2) is 41.3 Å². The first-order chi connectivity index (χ1) is 13.2. The lowest BCUT2D eigenvalue weighted by molar-refractivity contribution is -0.135.